The van der Waals surface area contributed by atoms with Gasteiger partial charge in [0, 0.05) is 43.3 Å². The zero-order chi connectivity index (χ0) is 49.1. The fourth-order valence-electron chi connectivity index (χ4n) is 10.6. The third-order valence-electron chi connectivity index (χ3n) is 14.6. The lowest BCUT2D eigenvalue weighted by Crippen LogP contribution is -2.52. The number of nitrogens with zero attached hydrogens (tertiary/aromatic N) is 6. The quantitative estimate of drug-likeness (QED) is 0.105. The standard InChI is InChI=1S/C23H23ClF3N5O3.C23H24ClF2N5O3/c24-14-7-15(26)16(27)8-17(14)32-6-5-23(22(32)35)3-1-13(2-4-23)30-20(33)18-19(29-11-28-18)21(34)31-9-12(25)10-31;24-14-9-15(25)16(26)10-17(14)30-8-7-23(22(30)34)5-3-13(4-6-23)31(12-1-2-12)21(33)19-18(20(27)32)28-11-29-19/h7-8,11-13H,1-6,9-10H2,(H,28,29)(H,30,33);9-13H,1-8H2,(H2,27,32)(H,28,29)/t2*13-,23-. The molecular formula is C46H47Cl2F5N10O6. The minimum atomic E-state index is -1.07. The van der Waals surface area contributed by atoms with Gasteiger partial charge in [-0.1, -0.05) is 23.2 Å². The number of hydrogen-bond donors (Lipinski definition) is 4. The molecule has 5 N–H and O–H groups in total. The molecule has 6 aliphatic rings. The number of rotatable bonds is 9. The van der Waals surface area contributed by atoms with Gasteiger partial charge < -0.3 is 40.6 Å². The maximum atomic E-state index is 13.8. The SMILES string of the molecule is NC(=O)c1[nH]cnc1C(=O)N(C1CC1)[C@H]1CC[C@@]2(CCN(c3cc(F)c(F)cc3Cl)C2=O)CC1.O=C(N[C@H]1CC[C@@]2(CCN(c3cc(F)c(F)cc3Cl)C2=O)CC1)c1[nH]cnc1C(=O)N1CC(F)C1. The molecule has 0 atom stereocenters. The van der Waals surface area contributed by atoms with E-state index in [4.69, 9.17) is 28.9 Å². The number of nitrogens with two attached hydrogens (primary N) is 1. The third kappa shape index (κ3) is 9.03. The van der Waals surface area contributed by atoms with Crippen LogP contribution in [0.25, 0.3) is 0 Å². The van der Waals surface area contributed by atoms with Crippen molar-refractivity contribution >= 4 is 70.0 Å². The number of aromatic amines is 2. The van der Waals surface area contributed by atoms with Crippen molar-refractivity contribution in [2.24, 2.45) is 16.6 Å². The van der Waals surface area contributed by atoms with Crippen LogP contribution in [0.4, 0.5) is 33.3 Å². The van der Waals surface area contributed by atoms with Gasteiger partial charge >= 0.3 is 0 Å². The van der Waals surface area contributed by atoms with Crippen LogP contribution in [0.15, 0.2) is 36.9 Å². The van der Waals surface area contributed by atoms with E-state index in [2.05, 4.69) is 25.3 Å². The molecule has 2 aromatic carbocycles. The molecule has 3 saturated carbocycles. The first kappa shape index (κ1) is 48.0. The predicted octanol–water partition coefficient (Wildman–Crippen LogP) is 6.64. The number of aromatic nitrogens is 4. The lowest BCUT2D eigenvalue weighted by atomic mass is 9.71. The van der Waals surface area contributed by atoms with Crippen molar-refractivity contribution in [1.82, 2.24) is 35.1 Å². The highest BCUT2D eigenvalue weighted by Gasteiger charge is 2.52. The summed E-state index contributed by atoms with van der Waals surface area (Å²) in [5.74, 6) is -6.64. The molecule has 0 radical (unpaired) electrons. The largest absolute Gasteiger partial charge is 0.364 e. The zero-order valence-corrected chi connectivity index (χ0v) is 38.5. The number of primary amides is 1. The van der Waals surface area contributed by atoms with Gasteiger partial charge in [-0.15, -0.1) is 0 Å². The number of anilines is 2. The van der Waals surface area contributed by atoms with Crippen molar-refractivity contribution in [2.75, 3.05) is 36.0 Å². The predicted molar refractivity (Wildman–Crippen MR) is 239 cm³/mol. The van der Waals surface area contributed by atoms with Crippen LogP contribution in [-0.2, 0) is 9.59 Å². The van der Waals surface area contributed by atoms with E-state index in [1.165, 1.54) is 27.4 Å². The molecule has 10 rings (SSSR count). The van der Waals surface area contributed by atoms with Crippen molar-refractivity contribution in [3.05, 3.63) is 93.0 Å². The molecule has 2 aromatic heterocycles. The van der Waals surface area contributed by atoms with E-state index in [1.807, 2.05) is 0 Å². The van der Waals surface area contributed by atoms with Crippen molar-refractivity contribution in [3.8, 4) is 0 Å². The summed E-state index contributed by atoms with van der Waals surface area (Å²) in [6.45, 7) is 0.682. The number of halogens is 7. The molecule has 6 amide bonds. The molecule has 366 valence electrons. The Bertz CT molecular complexity index is 2730. The Hall–Kier alpha value is -6.09. The Kier molecular flexibility index (Phi) is 13.0. The van der Waals surface area contributed by atoms with Gasteiger partial charge in [0.1, 0.15) is 17.6 Å². The van der Waals surface area contributed by atoms with Gasteiger partial charge in [-0.3, -0.25) is 28.8 Å². The molecule has 16 nitrogen and oxygen atoms in total. The fourth-order valence-corrected chi connectivity index (χ4v) is 11.1. The number of hydrogen-bond acceptors (Lipinski definition) is 8. The maximum absolute atomic E-state index is 13.8. The number of amides is 6. The number of likely N-dealkylation sites (tertiary alicyclic amines) is 1. The van der Waals surface area contributed by atoms with E-state index in [-0.39, 0.29) is 93.1 Å². The maximum Gasteiger partial charge on any atom is 0.275 e. The van der Waals surface area contributed by atoms with Gasteiger partial charge in [-0.2, -0.15) is 0 Å². The number of benzene rings is 2. The summed E-state index contributed by atoms with van der Waals surface area (Å²) in [5.41, 5.74) is 4.43. The van der Waals surface area contributed by atoms with Crippen molar-refractivity contribution < 1.29 is 50.7 Å². The third-order valence-corrected chi connectivity index (χ3v) is 15.2. The topological polar surface area (TPSA) is 211 Å². The summed E-state index contributed by atoms with van der Waals surface area (Å²) in [5, 5.41) is 2.86. The summed E-state index contributed by atoms with van der Waals surface area (Å²) in [6.07, 6.45) is 8.80. The number of carbonyl (C=O) groups is 6. The summed E-state index contributed by atoms with van der Waals surface area (Å²) < 4.78 is 67.6. The zero-order valence-electron chi connectivity index (χ0n) is 36.9. The Morgan fingerprint density at radius 1 is 0.681 bits per heavy atom. The molecule has 2 spiro atoms. The van der Waals surface area contributed by atoms with Crippen LogP contribution in [-0.4, -0.2) is 116 Å². The van der Waals surface area contributed by atoms with Crippen molar-refractivity contribution in [1.29, 1.82) is 0 Å². The molecule has 4 aromatic rings. The second kappa shape index (κ2) is 18.7. The van der Waals surface area contributed by atoms with Crippen molar-refractivity contribution in [3.63, 3.8) is 0 Å². The average Bonchev–Trinajstić information content (AvgIpc) is 3.60. The Morgan fingerprint density at radius 2 is 1.14 bits per heavy atom. The minimum absolute atomic E-state index is 0.00653. The van der Waals surface area contributed by atoms with Crippen LogP contribution in [0.1, 0.15) is 119 Å². The molecule has 0 bridgehead atoms. The van der Waals surface area contributed by atoms with E-state index >= 15 is 0 Å². The minimum Gasteiger partial charge on any atom is -0.364 e. The molecular weight excluding hydrogens is 954 g/mol. The molecule has 3 aliphatic carbocycles. The summed E-state index contributed by atoms with van der Waals surface area (Å²) in [7, 11) is 0. The first-order valence-electron chi connectivity index (χ1n) is 22.8. The normalized spacial score (nSPS) is 24.7. The van der Waals surface area contributed by atoms with Gasteiger partial charge in [0.05, 0.1) is 58.0 Å². The van der Waals surface area contributed by atoms with Crippen LogP contribution in [0.2, 0.25) is 10.0 Å². The van der Waals surface area contributed by atoms with Gasteiger partial charge in [-0.25, -0.2) is 31.9 Å². The highest BCUT2D eigenvalue weighted by atomic mass is 35.5. The molecule has 3 saturated heterocycles. The lowest BCUT2D eigenvalue weighted by molar-refractivity contribution is -0.128. The molecule has 5 heterocycles. The second-order valence-electron chi connectivity index (χ2n) is 18.8. The van der Waals surface area contributed by atoms with E-state index in [0.717, 1.165) is 37.1 Å². The Morgan fingerprint density at radius 3 is 1.64 bits per heavy atom. The van der Waals surface area contributed by atoms with E-state index in [0.29, 0.717) is 77.3 Å². The average molecular weight is 1000 g/mol. The molecule has 3 aliphatic heterocycles. The number of carbonyl (C=O) groups excluding carboxylic acids is 6. The monoisotopic (exact) mass is 1000 g/mol. The molecule has 69 heavy (non-hydrogen) atoms. The number of imidazole rings is 2. The van der Waals surface area contributed by atoms with Crippen LogP contribution in [0.5, 0.6) is 0 Å². The fraction of sp³-hybridized carbons (Fsp3) is 0.478. The summed E-state index contributed by atoms with van der Waals surface area (Å²) >= 11 is 12.2. The van der Waals surface area contributed by atoms with Gasteiger partial charge in [0.2, 0.25) is 11.8 Å². The van der Waals surface area contributed by atoms with Gasteiger partial charge in [-0.05, 0) is 89.2 Å². The number of nitrogens with one attached hydrogen (secondary N) is 3. The van der Waals surface area contributed by atoms with E-state index < -0.39 is 58.0 Å². The first-order valence-corrected chi connectivity index (χ1v) is 23.5. The van der Waals surface area contributed by atoms with E-state index in [1.54, 1.807) is 4.90 Å². The lowest BCUT2D eigenvalue weighted by Gasteiger charge is -2.41. The number of alkyl halides is 1. The smallest absolute Gasteiger partial charge is 0.275 e. The van der Waals surface area contributed by atoms with Crippen molar-refractivity contribution in [2.45, 2.75) is 101 Å². The highest BCUT2D eigenvalue weighted by Crippen LogP contribution is 2.50. The van der Waals surface area contributed by atoms with Crippen LogP contribution in [0, 0.1) is 34.1 Å². The Balaban J connectivity index is 0.000000172. The second-order valence-corrected chi connectivity index (χ2v) is 19.6. The van der Waals surface area contributed by atoms with Crippen LogP contribution >= 0.6 is 23.2 Å². The van der Waals surface area contributed by atoms with E-state index in [9.17, 15) is 50.7 Å². The molecule has 6 fully saturated rings. The van der Waals surface area contributed by atoms with Gasteiger partial charge in [0.15, 0.2) is 34.7 Å². The van der Waals surface area contributed by atoms with Crippen LogP contribution < -0.4 is 20.9 Å². The van der Waals surface area contributed by atoms with Gasteiger partial charge in [0.25, 0.3) is 23.6 Å². The molecule has 0 unspecified atom stereocenters. The first-order chi connectivity index (χ1) is 32.9. The number of H-pyrrole nitrogens is 2. The highest BCUT2D eigenvalue weighted by molar-refractivity contribution is 6.34. The summed E-state index contributed by atoms with van der Waals surface area (Å²) in [6, 6.07) is 3.44. The summed E-state index contributed by atoms with van der Waals surface area (Å²) in [4.78, 5) is 96.2. The Labute approximate surface area is 401 Å². The van der Waals surface area contributed by atoms with Crippen LogP contribution in [0.3, 0.4) is 0 Å². The molecule has 23 heteroatoms.